The quantitative estimate of drug-likeness (QED) is 0.287. The highest BCUT2D eigenvalue weighted by molar-refractivity contribution is 5.61. The van der Waals surface area contributed by atoms with E-state index in [1.54, 1.807) is 0 Å². The van der Waals surface area contributed by atoms with Gasteiger partial charge in [0.15, 0.2) is 0 Å². The number of nitrogens with zero attached hydrogens (tertiary/aromatic N) is 2. The van der Waals surface area contributed by atoms with Gasteiger partial charge in [-0.2, -0.15) is 0 Å². The number of rotatable bonds is 6. The molecule has 1 atom stereocenters. The Hall–Kier alpha value is -4.21. The van der Waals surface area contributed by atoms with Gasteiger partial charge >= 0.3 is 0 Å². The van der Waals surface area contributed by atoms with E-state index >= 15 is 0 Å². The lowest BCUT2D eigenvalue weighted by molar-refractivity contribution is 0.0976. The third-order valence-electron chi connectivity index (χ3n) is 7.39. The van der Waals surface area contributed by atoms with E-state index in [0.29, 0.717) is 5.69 Å². The van der Waals surface area contributed by atoms with Crippen molar-refractivity contribution in [1.29, 1.82) is 0 Å². The Morgan fingerprint density at radius 2 is 1.28 bits per heavy atom. The molecule has 0 spiro atoms. The van der Waals surface area contributed by atoms with E-state index in [2.05, 4.69) is 102 Å². The van der Waals surface area contributed by atoms with E-state index < -0.39 is 11.1 Å². The van der Waals surface area contributed by atoms with Crippen LogP contribution < -0.4 is 0 Å². The maximum absolute atomic E-state index is 11.8. The molecule has 0 saturated carbocycles. The summed E-state index contributed by atoms with van der Waals surface area (Å²) in [4.78, 5) is 4.80. The summed E-state index contributed by atoms with van der Waals surface area (Å²) in [6.45, 7) is 1.83. The van der Waals surface area contributed by atoms with Gasteiger partial charge in [-0.3, -0.25) is 0 Å². The summed E-state index contributed by atoms with van der Waals surface area (Å²) >= 11 is 0. The van der Waals surface area contributed by atoms with Crippen LogP contribution in [0.15, 0.2) is 128 Å². The topological polar surface area (TPSA) is 38.0 Å². The van der Waals surface area contributed by atoms with E-state index in [-0.39, 0.29) is 0 Å². The fourth-order valence-electron chi connectivity index (χ4n) is 5.44. The number of imidazole rings is 1. The Bertz CT molecular complexity index is 1420. The molecule has 0 fully saturated rings. The van der Waals surface area contributed by atoms with Crippen LogP contribution in [-0.2, 0) is 17.6 Å². The minimum atomic E-state index is -1.24. The van der Waals surface area contributed by atoms with Crippen LogP contribution in [-0.4, -0.2) is 14.7 Å². The summed E-state index contributed by atoms with van der Waals surface area (Å²) in [6.07, 6.45) is 9.07. The molecule has 1 aromatic heterocycles. The summed E-state index contributed by atoms with van der Waals surface area (Å²) in [5.74, 6) is 0. The molecule has 0 aliphatic heterocycles. The van der Waals surface area contributed by atoms with Crippen molar-refractivity contribution in [3.05, 3.63) is 167 Å². The summed E-state index contributed by atoms with van der Waals surface area (Å²) in [6, 6.07) is 37.7. The highest BCUT2D eigenvalue weighted by Gasteiger charge is 2.40. The van der Waals surface area contributed by atoms with Crippen LogP contribution in [0.2, 0.25) is 0 Å². The molecule has 0 bridgehead atoms. The van der Waals surface area contributed by atoms with Crippen molar-refractivity contribution in [2.24, 2.45) is 0 Å². The van der Waals surface area contributed by atoms with E-state index in [1.807, 2.05) is 43.7 Å². The molecule has 0 amide bonds. The van der Waals surface area contributed by atoms with Crippen molar-refractivity contribution < 1.29 is 5.11 Å². The third kappa shape index (κ3) is 3.52. The minimum absolute atomic E-state index is 0.608. The monoisotopic (exact) mass is 468 g/mol. The van der Waals surface area contributed by atoms with Crippen LogP contribution in [0.25, 0.3) is 6.08 Å². The second-order valence-electron chi connectivity index (χ2n) is 9.57. The maximum Gasteiger partial charge on any atom is 0.130 e. The lowest BCUT2D eigenvalue weighted by atomic mass is 9.76. The summed E-state index contributed by atoms with van der Waals surface area (Å²) in [7, 11) is 0. The molecular weight excluding hydrogens is 440 g/mol. The molecule has 36 heavy (non-hydrogen) atoms. The Labute approximate surface area is 212 Å². The molecule has 176 valence electrons. The fourth-order valence-corrected chi connectivity index (χ4v) is 5.44. The van der Waals surface area contributed by atoms with Crippen molar-refractivity contribution in [2.75, 3.05) is 0 Å². The molecule has 3 nitrogen and oxygen atoms in total. The van der Waals surface area contributed by atoms with Crippen molar-refractivity contribution in [1.82, 2.24) is 9.55 Å². The number of allylic oxidation sites excluding steroid dienone is 1. The molecule has 1 aliphatic carbocycles. The predicted molar refractivity (Wildman–Crippen MR) is 145 cm³/mol. The SMILES string of the molecule is CC(O)(c1ccc2c(c1)C=CC2)c1cn(C(c2ccccc2)(c2ccccc2)c2ccccc2)cn1. The first-order valence-corrected chi connectivity index (χ1v) is 12.3. The molecule has 3 heteroatoms. The van der Waals surface area contributed by atoms with Crippen molar-refractivity contribution in [3.63, 3.8) is 0 Å². The average Bonchev–Trinajstić information content (AvgIpc) is 3.62. The maximum atomic E-state index is 11.8. The summed E-state index contributed by atoms with van der Waals surface area (Å²) in [5, 5.41) is 11.8. The molecule has 1 unspecified atom stereocenters. The molecular formula is C33H28N2O. The van der Waals surface area contributed by atoms with Gasteiger partial charge in [0.05, 0.1) is 12.0 Å². The van der Waals surface area contributed by atoms with Crippen LogP contribution >= 0.6 is 0 Å². The van der Waals surface area contributed by atoms with Crippen LogP contribution in [0.4, 0.5) is 0 Å². The average molecular weight is 469 g/mol. The summed E-state index contributed by atoms with van der Waals surface area (Å²) < 4.78 is 2.14. The number of fused-ring (bicyclic) bond motifs is 1. The molecule has 0 saturated heterocycles. The number of benzene rings is 4. The molecule has 4 aromatic carbocycles. The predicted octanol–water partition coefficient (Wildman–Crippen LogP) is 6.55. The molecule has 1 heterocycles. The van der Waals surface area contributed by atoms with E-state index in [0.717, 1.165) is 28.7 Å². The standard InChI is InChI=1S/C33H28N2O/c1-32(36,30-21-20-25-12-11-13-26(25)22-30)31-23-35(24-34-31)33(27-14-5-2-6-15-27,28-16-7-3-8-17-28)29-18-9-4-10-19-29/h2-11,13-24,36H,12H2,1H3. The Kier molecular flexibility index (Phi) is 5.43. The zero-order valence-electron chi connectivity index (χ0n) is 20.3. The first-order chi connectivity index (χ1) is 17.6. The van der Waals surface area contributed by atoms with Crippen LogP contribution in [0.5, 0.6) is 0 Å². The van der Waals surface area contributed by atoms with Crippen molar-refractivity contribution in [2.45, 2.75) is 24.5 Å². The number of aromatic nitrogens is 2. The Morgan fingerprint density at radius 3 is 1.83 bits per heavy atom. The van der Waals surface area contributed by atoms with Gasteiger partial charge in [0.2, 0.25) is 0 Å². The third-order valence-corrected chi connectivity index (χ3v) is 7.39. The zero-order valence-corrected chi connectivity index (χ0v) is 20.3. The lowest BCUT2D eigenvalue weighted by Crippen LogP contribution is -2.37. The molecule has 6 rings (SSSR count). The van der Waals surface area contributed by atoms with Gasteiger partial charge in [-0.05, 0) is 52.8 Å². The van der Waals surface area contributed by atoms with E-state index in [4.69, 9.17) is 4.98 Å². The fraction of sp³-hybridized carbons (Fsp3) is 0.121. The largest absolute Gasteiger partial charge is 0.379 e. The van der Waals surface area contributed by atoms with Gasteiger partial charge in [-0.1, -0.05) is 115 Å². The first kappa shape index (κ1) is 22.3. The van der Waals surface area contributed by atoms with Gasteiger partial charge in [0.25, 0.3) is 0 Å². The molecule has 5 aromatic rings. The normalized spacial score (nSPS) is 14.4. The minimum Gasteiger partial charge on any atom is -0.379 e. The van der Waals surface area contributed by atoms with Crippen molar-refractivity contribution >= 4 is 6.08 Å². The van der Waals surface area contributed by atoms with Gasteiger partial charge < -0.3 is 9.67 Å². The van der Waals surface area contributed by atoms with E-state index in [9.17, 15) is 5.11 Å². The molecule has 1 aliphatic rings. The number of aliphatic hydroxyl groups is 1. The first-order valence-electron chi connectivity index (χ1n) is 12.3. The molecule has 1 N–H and O–H groups in total. The van der Waals surface area contributed by atoms with Gasteiger partial charge in [-0.15, -0.1) is 0 Å². The number of hydrogen-bond donors (Lipinski definition) is 1. The smallest absolute Gasteiger partial charge is 0.130 e. The number of hydrogen-bond acceptors (Lipinski definition) is 2. The Balaban J connectivity index is 1.56. The van der Waals surface area contributed by atoms with Crippen LogP contribution in [0.3, 0.4) is 0 Å². The van der Waals surface area contributed by atoms with Crippen LogP contribution in [0.1, 0.15) is 46.0 Å². The van der Waals surface area contributed by atoms with Gasteiger partial charge in [0, 0.05) is 6.20 Å². The highest BCUT2D eigenvalue weighted by Crippen LogP contribution is 2.42. The second kappa shape index (κ2) is 8.78. The van der Waals surface area contributed by atoms with Gasteiger partial charge in [0.1, 0.15) is 11.1 Å². The molecule has 0 radical (unpaired) electrons. The lowest BCUT2D eigenvalue weighted by Gasteiger charge is -2.37. The Morgan fingerprint density at radius 1 is 0.722 bits per heavy atom. The highest BCUT2D eigenvalue weighted by atomic mass is 16.3. The van der Waals surface area contributed by atoms with Crippen molar-refractivity contribution in [3.8, 4) is 0 Å². The zero-order chi connectivity index (χ0) is 24.6. The second-order valence-corrected chi connectivity index (χ2v) is 9.57. The summed E-state index contributed by atoms with van der Waals surface area (Å²) in [5.41, 5.74) is 5.35. The van der Waals surface area contributed by atoms with Gasteiger partial charge in [-0.25, -0.2) is 4.98 Å². The van der Waals surface area contributed by atoms with E-state index in [1.165, 1.54) is 11.1 Å². The van der Waals surface area contributed by atoms with Crippen LogP contribution in [0, 0.1) is 0 Å².